The molecular weight excluding hydrogens is 343 g/mol. The molecule has 3 N–H and O–H groups in total. The van der Waals surface area contributed by atoms with Gasteiger partial charge in [0.05, 0.1) is 18.7 Å². The summed E-state index contributed by atoms with van der Waals surface area (Å²) in [6, 6.07) is 0. The van der Waals surface area contributed by atoms with Crippen LogP contribution in [0.5, 0.6) is 0 Å². The zero-order valence-electron chi connectivity index (χ0n) is 15.4. The van der Waals surface area contributed by atoms with E-state index in [4.69, 9.17) is 5.84 Å². The Morgan fingerprint density at radius 1 is 1.42 bits per heavy atom. The lowest BCUT2D eigenvalue weighted by atomic mass is 10.00. The smallest absolute Gasteiger partial charge is 0.249 e. The molecular formula is C16H27FN6O3. The fourth-order valence-electron chi connectivity index (χ4n) is 2.39. The molecule has 1 unspecified atom stereocenters. The number of anilines is 2. The van der Waals surface area contributed by atoms with Gasteiger partial charge in [-0.2, -0.15) is 9.37 Å². The molecule has 0 radical (unpaired) electrons. The van der Waals surface area contributed by atoms with E-state index in [1.165, 1.54) is 6.20 Å². The van der Waals surface area contributed by atoms with Gasteiger partial charge in [0, 0.05) is 13.6 Å². The molecule has 0 bridgehead atoms. The van der Waals surface area contributed by atoms with Crippen molar-refractivity contribution in [3.8, 4) is 0 Å². The number of aromatic nitrogens is 2. The third-order valence-electron chi connectivity index (χ3n) is 4.08. The summed E-state index contributed by atoms with van der Waals surface area (Å²) in [6.45, 7) is 4.21. The van der Waals surface area contributed by atoms with E-state index >= 15 is 0 Å². The predicted octanol–water partition coefficient (Wildman–Crippen LogP) is 1.32. The summed E-state index contributed by atoms with van der Waals surface area (Å²) in [5.41, 5.74) is 0.194. The fraction of sp³-hybridized carbons (Fsp3) is 0.625. The van der Waals surface area contributed by atoms with Gasteiger partial charge in [-0.05, 0) is 13.3 Å². The average Bonchev–Trinajstić information content (AvgIpc) is 2.65. The largest absolute Gasteiger partial charge is 0.370 e. The van der Waals surface area contributed by atoms with Crippen molar-refractivity contribution < 1.29 is 19.2 Å². The van der Waals surface area contributed by atoms with Gasteiger partial charge in [-0.1, -0.05) is 26.2 Å². The van der Waals surface area contributed by atoms with E-state index in [1.54, 1.807) is 11.9 Å². The maximum absolute atomic E-state index is 14.1. The zero-order valence-corrected chi connectivity index (χ0v) is 15.4. The summed E-state index contributed by atoms with van der Waals surface area (Å²) in [4.78, 5) is 32.5. The van der Waals surface area contributed by atoms with Crippen LogP contribution in [-0.4, -0.2) is 52.7 Å². The number of hydroxylamine groups is 2. The molecule has 146 valence electrons. The van der Waals surface area contributed by atoms with Crippen molar-refractivity contribution >= 4 is 24.0 Å². The van der Waals surface area contributed by atoms with E-state index in [9.17, 15) is 19.2 Å². The van der Waals surface area contributed by atoms with Crippen LogP contribution >= 0.6 is 0 Å². The highest BCUT2D eigenvalue weighted by atomic mass is 19.1. The molecule has 0 spiro atoms. The van der Waals surface area contributed by atoms with Crippen molar-refractivity contribution in [1.29, 1.82) is 0 Å². The summed E-state index contributed by atoms with van der Waals surface area (Å²) >= 11 is 0. The third-order valence-corrected chi connectivity index (χ3v) is 4.08. The molecule has 9 nitrogen and oxygen atoms in total. The number of rotatable bonds is 11. The highest BCUT2D eigenvalue weighted by Crippen LogP contribution is 2.19. The molecule has 0 aliphatic heterocycles. The van der Waals surface area contributed by atoms with Crippen LogP contribution in [0.2, 0.25) is 0 Å². The van der Waals surface area contributed by atoms with Crippen LogP contribution in [-0.2, 0) is 9.59 Å². The molecule has 0 saturated heterocycles. The minimum absolute atomic E-state index is 0.194. The van der Waals surface area contributed by atoms with Gasteiger partial charge in [0.25, 0.3) is 0 Å². The third kappa shape index (κ3) is 5.88. The van der Waals surface area contributed by atoms with Crippen molar-refractivity contribution in [2.75, 3.05) is 30.0 Å². The average molecular weight is 370 g/mol. The molecule has 2 amide bonds. The number of nitrogens with zero attached hydrogens (tertiary/aromatic N) is 5. The summed E-state index contributed by atoms with van der Waals surface area (Å²) in [7, 11) is 1.69. The second-order valence-corrected chi connectivity index (χ2v) is 5.99. The second kappa shape index (κ2) is 10.6. The molecule has 0 aliphatic rings. The quantitative estimate of drug-likeness (QED) is 0.115. The molecule has 0 saturated carbocycles. The summed E-state index contributed by atoms with van der Waals surface area (Å²) in [6.07, 6.45) is 4.46. The van der Waals surface area contributed by atoms with E-state index in [1.807, 2.05) is 13.8 Å². The Balaban J connectivity index is 2.95. The monoisotopic (exact) mass is 370 g/mol. The number of hydrogen-bond donors (Lipinski definition) is 2. The topological polar surface area (TPSA) is 116 Å². The number of amides is 2. The molecule has 0 fully saturated rings. The van der Waals surface area contributed by atoms with Gasteiger partial charge in [-0.15, -0.1) is 0 Å². The number of halogens is 1. The van der Waals surface area contributed by atoms with Crippen molar-refractivity contribution in [2.45, 2.75) is 39.5 Å². The number of carbonyl (C=O) groups excluding carboxylic acids is 2. The van der Waals surface area contributed by atoms with Crippen LogP contribution in [0, 0.1) is 11.9 Å². The zero-order chi connectivity index (χ0) is 19.7. The summed E-state index contributed by atoms with van der Waals surface area (Å²) < 4.78 is 14.1. The number of nitrogens with two attached hydrogens (primary N) is 1. The van der Waals surface area contributed by atoms with Crippen LogP contribution in [0.15, 0.2) is 6.20 Å². The van der Waals surface area contributed by atoms with Crippen LogP contribution in [0.1, 0.15) is 39.5 Å². The van der Waals surface area contributed by atoms with Gasteiger partial charge in [0.1, 0.15) is 5.69 Å². The molecule has 0 aliphatic carbocycles. The molecule has 0 aromatic carbocycles. The lowest BCUT2D eigenvalue weighted by Gasteiger charge is -2.24. The Labute approximate surface area is 152 Å². The molecule has 1 aromatic rings. The molecule has 1 rings (SSSR count). The van der Waals surface area contributed by atoms with Gasteiger partial charge in [0.15, 0.2) is 0 Å². The van der Waals surface area contributed by atoms with Crippen LogP contribution < -0.4 is 15.8 Å². The van der Waals surface area contributed by atoms with Gasteiger partial charge in [-0.25, -0.2) is 20.9 Å². The normalized spacial score (nSPS) is 11.8. The van der Waals surface area contributed by atoms with Crippen LogP contribution in [0.3, 0.4) is 0 Å². The lowest BCUT2D eigenvalue weighted by molar-refractivity contribution is -0.154. The molecule has 1 aromatic heterocycles. The van der Waals surface area contributed by atoms with Crippen LogP contribution in [0.4, 0.5) is 16.0 Å². The molecule has 1 atom stereocenters. The van der Waals surface area contributed by atoms with E-state index < -0.39 is 17.8 Å². The highest BCUT2D eigenvalue weighted by molar-refractivity contribution is 5.92. The number of carbonyl (C=O) groups is 2. The molecule has 10 heteroatoms. The van der Waals surface area contributed by atoms with Gasteiger partial charge < -0.3 is 4.90 Å². The van der Waals surface area contributed by atoms with E-state index in [0.29, 0.717) is 23.0 Å². The minimum Gasteiger partial charge on any atom is -0.370 e. The van der Waals surface area contributed by atoms with Gasteiger partial charge in [-0.3, -0.25) is 14.8 Å². The van der Waals surface area contributed by atoms with Gasteiger partial charge in [0.2, 0.25) is 24.2 Å². The predicted molar refractivity (Wildman–Crippen MR) is 94.8 cm³/mol. The van der Waals surface area contributed by atoms with Gasteiger partial charge >= 0.3 is 0 Å². The fourth-order valence-corrected chi connectivity index (χ4v) is 2.39. The Morgan fingerprint density at radius 3 is 2.65 bits per heavy atom. The van der Waals surface area contributed by atoms with Crippen molar-refractivity contribution in [3.63, 3.8) is 0 Å². The minimum atomic E-state index is -0.790. The summed E-state index contributed by atoms with van der Waals surface area (Å²) in [5, 5.41) is 10.5. The molecule has 26 heavy (non-hydrogen) atoms. The Morgan fingerprint density at radius 2 is 2.12 bits per heavy atom. The Bertz CT molecular complexity index is 603. The van der Waals surface area contributed by atoms with Crippen molar-refractivity contribution in [2.24, 2.45) is 11.8 Å². The second-order valence-electron chi connectivity index (χ2n) is 5.99. The SMILES string of the molecule is CCCCCC(CN(O)C=O)C(=O)N(N)c1ncc(N(C)CC)c(F)n1. The van der Waals surface area contributed by atoms with Crippen LogP contribution in [0.25, 0.3) is 0 Å². The van der Waals surface area contributed by atoms with E-state index in [2.05, 4.69) is 9.97 Å². The lowest BCUT2D eigenvalue weighted by Crippen LogP contribution is -2.46. The maximum Gasteiger partial charge on any atom is 0.249 e. The van der Waals surface area contributed by atoms with E-state index in [0.717, 1.165) is 19.3 Å². The molecule has 1 heterocycles. The Hall–Kier alpha value is -2.33. The number of hydrogen-bond acceptors (Lipinski definition) is 7. The Kier molecular flexibility index (Phi) is 8.86. The van der Waals surface area contributed by atoms with Crippen molar-refractivity contribution in [3.05, 3.63) is 12.1 Å². The number of hydrazine groups is 1. The first-order chi connectivity index (χ1) is 12.3. The summed E-state index contributed by atoms with van der Waals surface area (Å²) in [5.74, 6) is 3.36. The first-order valence-corrected chi connectivity index (χ1v) is 8.58. The maximum atomic E-state index is 14.1. The standard InChI is InChI=1S/C16H27FN6O3/c1-4-6-7-8-12(10-22(26)11-24)15(25)23(18)16-19-9-13(14(17)20-16)21(3)5-2/h9,11-12,26H,4-8,10,18H2,1-3H3. The number of unbranched alkanes of at least 4 members (excludes halogenated alkanes) is 2. The first kappa shape index (κ1) is 21.7. The highest BCUT2D eigenvalue weighted by Gasteiger charge is 2.27. The van der Waals surface area contributed by atoms with E-state index in [-0.39, 0.29) is 24.6 Å². The van der Waals surface area contributed by atoms with Crippen molar-refractivity contribution in [1.82, 2.24) is 15.0 Å². The first-order valence-electron chi connectivity index (χ1n) is 8.58.